The Morgan fingerprint density at radius 3 is 1.60 bits per heavy atom. The molecular weight excluding hydrogens is 1000 g/mol. The Kier molecular flexibility index (Phi) is 18.3. The lowest BCUT2D eigenvalue weighted by Crippen LogP contribution is -2.36. The normalized spacial score (nSPS) is 17.2. The van der Waals surface area contributed by atoms with Gasteiger partial charge in [-0.2, -0.15) is 4.89 Å². The highest BCUT2D eigenvalue weighted by atomic mass is 17.2. The predicted octanol–water partition coefficient (Wildman–Crippen LogP) is 8.85. The van der Waals surface area contributed by atoms with Gasteiger partial charge in [-0.1, -0.05) is 43.5 Å². The van der Waals surface area contributed by atoms with Crippen LogP contribution >= 0.6 is 0 Å². The first-order valence-corrected chi connectivity index (χ1v) is 24.5. The summed E-state index contributed by atoms with van der Waals surface area (Å²) in [6.45, 7) is 8.99. The van der Waals surface area contributed by atoms with Gasteiger partial charge in [-0.05, 0) is 138 Å². The molecule has 5 atom stereocenters. The summed E-state index contributed by atoms with van der Waals surface area (Å²) in [6, 6.07) is 32.3. The Labute approximate surface area is 441 Å². The van der Waals surface area contributed by atoms with Gasteiger partial charge >= 0.3 is 36.0 Å². The molecule has 6 aromatic carbocycles. The lowest BCUT2D eigenvalue weighted by molar-refractivity contribution is -0.207. The third-order valence-electron chi connectivity index (χ3n) is 12.1. The summed E-state index contributed by atoms with van der Waals surface area (Å²) in [4.78, 5) is 84.6. The van der Waals surface area contributed by atoms with E-state index in [2.05, 4.69) is 13.2 Å². The van der Waals surface area contributed by atoms with E-state index in [0.717, 1.165) is 33.7 Å². The van der Waals surface area contributed by atoms with Gasteiger partial charge in [0.1, 0.15) is 29.5 Å². The van der Waals surface area contributed by atoms with E-state index < -0.39 is 66.2 Å². The van der Waals surface area contributed by atoms with E-state index in [1.807, 2.05) is 0 Å². The zero-order valence-electron chi connectivity index (χ0n) is 41.8. The van der Waals surface area contributed by atoms with E-state index in [4.69, 9.17) is 57.1 Å². The molecule has 0 aromatic heterocycles. The van der Waals surface area contributed by atoms with E-state index in [1.165, 1.54) is 55.5 Å². The molecule has 2 fully saturated rings. The fraction of sp³-hybridized carbons (Fsp3) is 0.276. The van der Waals surface area contributed by atoms with E-state index in [1.54, 1.807) is 72.8 Å². The summed E-state index contributed by atoms with van der Waals surface area (Å²) in [5.74, 6) is -3.49. The van der Waals surface area contributed by atoms with Gasteiger partial charge in [0.2, 0.25) is 5.79 Å². The number of benzene rings is 6. The maximum Gasteiger partial charge on any atom is 0.513 e. The molecule has 77 heavy (non-hydrogen) atoms. The average molecular weight is 1060 g/mol. The molecule has 0 saturated carbocycles. The minimum atomic E-state index is -1.79. The summed E-state index contributed by atoms with van der Waals surface area (Å²) in [5.41, 5.74) is 1.13. The highest BCUT2D eigenvalue weighted by Gasteiger charge is 2.51. The molecule has 0 aliphatic carbocycles. The van der Waals surface area contributed by atoms with Crippen molar-refractivity contribution in [2.75, 3.05) is 39.6 Å². The van der Waals surface area contributed by atoms with Crippen LogP contribution < -0.4 is 19.1 Å². The molecule has 0 bridgehead atoms. The number of carbonyl (C=O) groups excluding carboxylic acids is 6. The molecule has 0 radical (unpaired) electrons. The van der Waals surface area contributed by atoms with Crippen LogP contribution in [0.2, 0.25) is 0 Å². The van der Waals surface area contributed by atoms with Crippen LogP contribution in [0.25, 0.3) is 21.5 Å². The van der Waals surface area contributed by atoms with Crippen molar-refractivity contribution in [1.29, 1.82) is 0 Å². The van der Waals surface area contributed by atoms with Crippen LogP contribution in [0, 0.1) is 0 Å². The van der Waals surface area contributed by atoms with Gasteiger partial charge in [0.15, 0.2) is 18.0 Å². The van der Waals surface area contributed by atoms with Crippen molar-refractivity contribution < 1.29 is 91.0 Å². The molecule has 8 rings (SSSR count). The van der Waals surface area contributed by atoms with Gasteiger partial charge in [0.05, 0.1) is 56.3 Å². The number of carbonyl (C=O) groups is 6. The molecule has 2 aliphatic rings. The largest absolute Gasteiger partial charge is 0.513 e. The molecule has 19 heteroatoms. The second-order valence-electron chi connectivity index (χ2n) is 17.7. The number of hydrogen-bond donors (Lipinski definition) is 1. The SMILES string of the molecule is C=CC(=O)OCCCCOOc1ccc2cc(C(=O)Oc3ccc(C(=O)O[C@@H]4COC5C4OC[C@H]5OC(=O)c4ccc(OC(C)(O)c5ccc6cc(OC(=O)OCCCCOC(=O)C=C)ccc6c5)cc4)cc3)ccc2c1. The van der Waals surface area contributed by atoms with Crippen molar-refractivity contribution in [3.05, 3.63) is 169 Å². The number of rotatable bonds is 24. The van der Waals surface area contributed by atoms with E-state index in [0.29, 0.717) is 49.2 Å². The minimum absolute atomic E-state index is 0.00696. The van der Waals surface area contributed by atoms with Crippen LogP contribution in [-0.2, 0) is 53.4 Å². The Morgan fingerprint density at radius 1 is 0.532 bits per heavy atom. The lowest BCUT2D eigenvalue weighted by Gasteiger charge is -2.25. The van der Waals surface area contributed by atoms with Crippen molar-refractivity contribution in [2.24, 2.45) is 0 Å². The topological polar surface area (TPSA) is 233 Å². The van der Waals surface area contributed by atoms with Gasteiger partial charge < -0.3 is 57.4 Å². The number of fused-ring (bicyclic) bond motifs is 3. The van der Waals surface area contributed by atoms with Crippen LogP contribution in [0.15, 0.2) is 147 Å². The minimum Gasteiger partial charge on any atom is -0.463 e. The summed E-state index contributed by atoms with van der Waals surface area (Å²) in [5, 5.41) is 14.4. The van der Waals surface area contributed by atoms with Crippen LogP contribution in [0.5, 0.6) is 23.0 Å². The molecule has 2 aliphatic heterocycles. The maximum absolute atomic E-state index is 13.3. The molecule has 3 unspecified atom stereocenters. The number of aliphatic hydroxyl groups is 1. The fourth-order valence-electron chi connectivity index (χ4n) is 8.11. The van der Waals surface area contributed by atoms with E-state index in [9.17, 15) is 33.9 Å². The third-order valence-corrected chi connectivity index (χ3v) is 12.1. The smallest absolute Gasteiger partial charge is 0.463 e. The molecule has 2 heterocycles. The third kappa shape index (κ3) is 14.8. The highest BCUT2D eigenvalue weighted by molar-refractivity contribution is 5.97. The standard InChI is InChI=1S/C58H54O19/c1-4-50(59)66-26-6-7-28-68-57(64)73-46-24-17-39-31-43(19-12-41(39)32-46)58(3,65)76-45-22-15-37(16-23-45)55(62)75-49-35-70-52-48(34-69-53(49)52)74-54(61)36-13-20-44(21-14-36)72-56(63)42-11-10-40-33-47(25-18-38(40)30-42)77-71-29-9-8-27-67-51(60)5-2/h4-5,10-25,30-33,48-49,52-53,65H,1-2,6-9,26-29,34-35H2,3H3/t48-,49-,52?,53?,58?/m1/s1. The van der Waals surface area contributed by atoms with Crippen LogP contribution in [0.3, 0.4) is 0 Å². The zero-order chi connectivity index (χ0) is 54.3. The number of hydrogen-bond acceptors (Lipinski definition) is 19. The average Bonchev–Trinajstić information content (AvgIpc) is 4.05. The molecular formula is C58H54O19. The Morgan fingerprint density at radius 2 is 1.00 bits per heavy atom. The van der Waals surface area contributed by atoms with Crippen LogP contribution in [-0.4, -0.2) is 105 Å². The summed E-state index contributed by atoms with van der Waals surface area (Å²) in [7, 11) is 0. The van der Waals surface area contributed by atoms with Crippen molar-refractivity contribution in [2.45, 2.75) is 62.8 Å². The van der Waals surface area contributed by atoms with Crippen molar-refractivity contribution in [3.63, 3.8) is 0 Å². The van der Waals surface area contributed by atoms with E-state index >= 15 is 0 Å². The fourth-order valence-corrected chi connectivity index (χ4v) is 8.11. The first kappa shape index (κ1) is 54.6. The van der Waals surface area contributed by atoms with Gasteiger partial charge in [-0.3, -0.25) is 0 Å². The van der Waals surface area contributed by atoms with Crippen molar-refractivity contribution >= 4 is 57.5 Å². The van der Waals surface area contributed by atoms with Crippen molar-refractivity contribution in [1.82, 2.24) is 0 Å². The summed E-state index contributed by atoms with van der Waals surface area (Å²) >= 11 is 0. The quantitative estimate of drug-likeness (QED) is 0.00686. The molecule has 2 saturated heterocycles. The summed E-state index contributed by atoms with van der Waals surface area (Å²) in [6.07, 6.45) is 0.543. The van der Waals surface area contributed by atoms with Gasteiger partial charge in [-0.15, -0.1) is 0 Å². The number of esters is 5. The first-order valence-electron chi connectivity index (χ1n) is 24.5. The molecule has 400 valence electrons. The highest BCUT2D eigenvalue weighted by Crippen LogP contribution is 2.34. The number of unbranched alkanes of at least 4 members (excludes halogenated alkanes) is 2. The Bertz CT molecular complexity index is 3110. The molecule has 6 aromatic rings. The van der Waals surface area contributed by atoms with Gasteiger partial charge in [-0.25, -0.2) is 28.8 Å². The van der Waals surface area contributed by atoms with E-state index in [-0.39, 0.29) is 61.4 Å². The monoisotopic (exact) mass is 1050 g/mol. The zero-order valence-corrected chi connectivity index (χ0v) is 41.8. The molecule has 0 spiro atoms. The summed E-state index contributed by atoms with van der Waals surface area (Å²) < 4.78 is 55.1. The Hall–Kier alpha value is -8.62. The second-order valence-corrected chi connectivity index (χ2v) is 17.7. The number of ether oxygens (including phenoxy) is 10. The van der Waals surface area contributed by atoms with Crippen molar-refractivity contribution in [3.8, 4) is 23.0 Å². The van der Waals surface area contributed by atoms with Crippen LogP contribution in [0.4, 0.5) is 4.79 Å². The molecule has 1 N–H and O–H groups in total. The maximum atomic E-state index is 13.3. The predicted molar refractivity (Wildman–Crippen MR) is 273 cm³/mol. The Balaban J connectivity index is 0.753. The van der Waals surface area contributed by atoms with Gasteiger partial charge in [0.25, 0.3) is 0 Å². The van der Waals surface area contributed by atoms with Gasteiger partial charge in [0, 0.05) is 24.6 Å². The van der Waals surface area contributed by atoms with Crippen LogP contribution in [0.1, 0.15) is 69.2 Å². The molecule has 19 nitrogen and oxygen atoms in total. The lowest BCUT2D eigenvalue weighted by atomic mass is 10.0. The second kappa shape index (κ2) is 25.7. The first-order chi connectivity index (χ1) is 37.2. The molecule has 0 amide bonds.